The zero-order chi connectivity index (χ0) is 37.6. The van der Waals surface area contributed by atoms with Gasteiger partial charge < -0.3 is 39.4 Å². The molecule has 4 aromatic rings. The molecule has 3 N–H and O–H groups in total. The molecule has 2 aliphatic heterocycles. The van der Waals surface area contributed by atoms with Crippen molar-refractivity contribution in [1.29, 1.82) is 0 Å². The Morgan fingerprint density at radius 1 is 0.815 bits per heavy atom. The van der Waals surface area contributed by atoms with Crippen LogP contribution in [0.2, 0.25) is 0 Å². The summed E-state index contributed by atoms with van der Waals surface area (Å²) in [5.41, 5.74) is 7.89. The molecule has 0 bridgehead atoms. The lowest BCUT2D eigenvalue weighted by Gasteiger charge is -2.40. The molecule has 9 nitrogen and oxygen atoms in total. The summed E-state index contributed by atoms with van der Waals surface area (Å²) in [7, 11) is 4.83. The number of likely N-dealkylation sites (tertiary alicyclic amines) is 1. The molecule has 3 aliphatic rings. The number of aromatic hydroxyl groups is 2. The number of rotatable bonds is 14. The lowest BCUT2D eigenvalue weighted by molar-refractivity contribution is 0.180. The van der Waals surface area contributed by atoms with E-state index in [0.717, 1.165) is 62.5 Å². The fourth-order valence-electron chi connectivity index (χ4n) is 7.82. The number of nitrogens with zero attached hydrogens (tertiary/aromatic N) is 2. The number of ether oxygens (including phenoxy) is 4. The molecule has 1 atom stereocenters. The maximum Gasteiger partial charge on any atom is 0.200 e. The second-order valence-electron chi connectivity index (χ2n) is 14.7. The van der Waals surface area contributed by atoms with Crippen LogP contribution in [-0.2, 0) is 6.54 Å². The Kier molecular flexibility index (Phi) is 11.5. The first-order valence-corrected chi connectivity index (χ1v) is 19.1. The van der Waals surface area contributed by atoms with Gasteiger partial charge in [-0.1, -0.05) is 48.9 Å². The zero-order valence-corrected chi connectivity index (χ0v) is 31.9. The second-order valence-corrected chi connectivity index (χ2v) is 14.7. The number of aryl methyl sites for hydroxylation is 1. The predicted molar refractivity (Wildman–Crippen MR) is 214 cm³/mol. The quantitative estimate of drug-likeness (QED) is 0.110. The SMILES string of the molecule is COc1ccc(-c2ccccc2CN(c2ccc(C)c(OCC3CCC3)c2)C2CCN(CC3=CC(c4cc(O)c(O)c(OC)c4)NC=C3)CC2)cc1OC. The molecule has 1 aliphatic carbocycles. The van der Waals surface area contributed by atoms with E-state index in [2.05, 4.69) is 88.8 Å². The van der Waals surface area contributed by atoms with Crippen LogP contribution in [0.15, 0.2) is 96.7 Å². The number of dihydropyridines is 1. The summed E-state index contributed by atoms with van der Waals surface area (Å²) >= 11 is 0. The molecular formula is C45H53N3O6. The third-order valence-electron chi connectivity index (χ3n) is 11.3. The molecule has 54 heavy (non-hydrogen) atoms. The van der Waals surface area contributed by atoms with Gasteiger partial charge in [-0.3, -0.25) is 4.90 Å². The van der Waals surface area contributed by atoms with E-state index in [1.807, 2.05) is 12.3 Å². The van der Waals surface area contributed by atoms with Crippen molar-refractivity contribution in [1.82, 2.24) is 10.2 Å². The minimum absolute atomic E-state index is 0.147. The van der Waals surface area contributed by atoms with Gasteiger partial charge in [0.05, 0.1) is 34.0 Å². The molecule has 2 heterocycles. The highest BCUT2D eigenvalue weighted by atomic mass is 16.5. The third kappa shape index (κ3) is 8.26. The van der Waals surface area contributed by atoms with E-state index >= 15 is 0 Å². The number of hydrogen-bond acceptors (Lipinski definition) is 9. The Bertz CT molecular complexity index is 1980. The maximum atomic E-state index is 10.3. The maximum absolute atomic E-state index is 10.3. The molecule has 1 unspecified atom stereocenters. The summed E-state index contributed by atoms with van der Waals surface area (Å²) in [4.78, 5) is 5.12. The van der Waals surface area contributed by atoms with Crippen LogP contribution < -0.4 is 29.2 Å². The summed E-state index contributed by atoms with van der Waals surface area (Å²) < 4.78 is 23.0. The first-order chi connectivity index (χ1) is 26.3. The number of hydrogen-bond donors (Lipinski definition) is 3. The van der Waals surface area contributed by atoms with Gasteiger partial charge in [0.15, 0.2) is 23.0 Å². The molecule has 0 aromatic heterocycles. The summed E-state index contributed by atoms with van der Waals surface area (Å²) in [6.07, 6.45) is 12.1. The molecule has 4 aromatic carbocycles. The van der Waals surface area contributed by atoms with Gasteiger partial charge in [0.25, 0.3) is 0 Å². The van der Waals surface area contributed by atoms with Crippen molar-refractivity contribution in [2.24, 2.45) is 5.92 Å². The highest BCUT2D eigenvalue weighted by molar-refractivity contribution is 5.71. The van der Waals surface area contributed by atoms with Gasteiger partial charge in [0, 0.05) is 44.0 Å². The van der Waals surface area contributed by atoms with E-state index in [1.54, 1.807) is 26.4 Å². The molecule has 1 saturated heterocycles. The van der Waals surface area contributed by atoms with Gasteiger partial charge in [-0.15, -0.1) is 0 Å². The van der Waals surface area contributed by atoms with E-state index < -0.39 is 0 Å². The molecule has 0 amide bonds. The minimum Gasteiger partial charge on any atom is -0.504 e. The molecule has 0 radical (unpaired) electrons. The van der Waals surface area contributed by atoms with Crippen LogP contribution in [0, 0.1) is 12.8 Å². The van der Waals surface area contributed by atoms with E-state index in [4.69, 9.17) is 18.9 Å². The fraction of sp³-hybridized carbons (Fsp3) is 0.378. The fourth-order valence-corrected chi connectivity index (χ4v) is 7.82. The summed E-state index contributed by atoms with van der Waals surface area (Å²) in [5.74, 6) is 2.88. The van der Waals surface area contributed by atoms with Gasteiger partial charge in [0.2, 0.25) is 5.75 Å². The van der Waals surface area contributed by atoms with Crippen LogP contribution >= 0.6 is 0 Å². The van der Waals surface area contributed by atoms with Crippen molar-refractivity contribution in [3.63, 3.8) is 0 Å². The van der Waals surface area contributed by atoms with Crippen LogP contribution in [0.25, 0.3) is 11.1 Å². The number of benzene rings is 4. The zero-order valence-electron chi connectivity index (χ0n) is 31.9. The first-order valence-electron chi connectivity index (χ1n) is 19.1. The number of methoxy groups -OCH3 is 3. The molecule has 7 rings (SSSR count). The van der Waals surface area contributed by atoms with E-state index in [-0.39, 0.29) is 23.3 Å². The molecule has 0 spiro atoms. The van der Waals surface area contributed by atoms with Crippen molar-refractivity contribution in [2.45, 2.75) is 57.7 Å². The molecule has 2 fully saturated rings. The average molecular weight is 732 g/mol. The lowest BCUT2D eigenvalue weighted by Crippen LogP contribution is -2.45. The summed E-state index contributed by atoms with van der Waals surface area (Å²) in [5, 5.41) is 23.8. The van der Waals surface area contributed by atoms with Gasteiger partial charge >= 0.3 is 0 Å². The van der Waals surface area contributed by atoms with Crippen LogP contribution in [0.4, 0.5) is 5.69 Å². The lowest BCUT2D eigenvalue weighted by atomic mass is 9.86. The van der Waals surface area contributed by atoms with Crippen molar-refractivity contribution in [2.75, 3.05) is 52.5 Å². The van der Waals surface area contributed by atoms with Crippen LogP contribution in [0.3, 0.4) is 0 Å². The second kappa shape index (κ2) is 16.8. The first kappa shape index (κ1) is 37.1. The summed E-state index contributed by atoms with van der Waals surface area (Å²) in [6.45, 7) is 6.44. The van der Waals surface area contributed by atoms with Crippen LogP contribution in [0.5, 0.6) is 34.5 Å². The summed E-state index contributed by atoms with van der Waals surface area (Å²) in [6, 6.07) is 25.1. The van der Waals surface area contributed by atoms with E-state index in [1.165, 1.54) is 54.3 Å². The monoisotopic (exact) mass is 731 g/mol. The minimum atomic E-state index is -0.249. The Labute approximate surface area is 319 Å². The van der Waals surface area contributed by atoms with Crippen molar-refractivity contribution in [3.05, 3.63) is 113 Å². The van der Waals surface area contributed by atoms with Crippen molar-refractivity contribution < 1.29 is 29.2 Å². The smallest absolute Gasteiger partial charge is 0.200 e. The number of phenolic OH excluding ortho intramolecular Hbond substituents is 2. The Balaban J connectivity index is 1.11. The number of anilines is 1. The number of piperidine rings is 1. The predicted octanol–water partition coefficient (Wildman–Crippen LogP) is 8.53. The standard InChI is InChI=1S/C45H53N3O6/c1-30-12-14-37(26-42(30)54-29-31-8-7-9-31)48(28-34-10-5-6-11-38(34)33-13-15-41(51-2)43(24-33)52-3)36-17-20-47(21-18-36)27-32-16-19-46-39(22-32)35-23-40(49)45(50)44(25-35)53-4/h5-6,10-16,19,22-26,31,36,39,46,49-50H,7-9,17-18,20-21,27-29H2,1-4H3. The van der Waals surface area contributed by atoms with Gasteiger partial charge in [-0.2, -0.15) is 0 Å². The number of phenols is 2. The topological polar surface area (TPSA) is 95.9 Å². The molecule has 1 saturated carbocycles. The highest BCUT2D eigenvalue weighted by Gasteiger charge is 2.28. The Morgan fingerprint density at radius 3 is 2.33 bits per heavy atom. The van der Waals surface area contributed by atoms with Gasteiger partial charge in [0.1, 0.15) is 5.75 Å². The van der Waals surface area contributed by atoms with Crippen molar-refractivity contribution >= 4 is 5.69 Å². The number of nitrogens with one attached hydrogen (secondary N) is 1. The van der Waals surface area contributed by atoms with E-state index in [9.17, 15) is 10.2 Å². The van der Waals surface area contributed by atoms with Crippen molar-refractivity contribution in [3.8, 4) is 45.6 Å². The van der Waals surface area contributed by atoms with Crippen LogP contribution in [0.1, 0.15) is 54.8 Å². The normalized spacial score (nSPS) is 17.6. The van der Waals surface area contributed by atoms with Crippen LogP contribution in [-0.4, -0.2) is 68.7 Å². The largest absolute Gasteiger partial charge is 0.504 e. The van der Waals surface area contributed by atoms with Gasteiger partial charge in [-0.25, -0.2) is 0 Å². The molecule has 284 valence electrons. The molecule has 9 heteroatoms. The Hall–Kier alpha value is -5.28. The Morgan fingerprint density at radius 2 is 1.59 bits per heavy atom. The van der Waals surface area contributed by atoms with E-state index in [0.29, 0.717) is 23.5 Å². The third-order valence-corrected chi connectivity index (χ3v) is 11.3. The molecular weight excluding hydrogens is 679 g/mol. The highest BCUT2D eigenvalue weighted by Crippen LogP contribution is 2.40. The van der Waals surface area contributed by atoms with Gasteiger partial charge in [-0.05, 0) is 115 Å². The average Bonchev–Trinajstić information content (AvgIpc) is 3.18.